The van der Waals surface area contributed by atoms with Crippen LogP contribution < -0.4 is 5.32 Å². The second kappa shape index (κ2) is 6.72. The molecule has 3 nitrogen and oxygen atoms in total. The van der Waals surface area contributed by atoms with Crippen molar-refractivity contribution in [3.63, 3.8) is 0 Å². The van der Waals surface area contributed by atoms with Gasteiger partial charge in [-0.1, -0.05) is 12.8 Å². The zero-order valence-electron chi connectivity index (χ0n) is 11.0. The Morgan fingerprint density at radius 1 is 1.18 bits per heavy atom. The fourth-order valence-corrected chi connectivity index (χ4v) is 3.22. The van der Waals surface area contributed by atoms with E-state index in [4.69, 9.17) is 4.74 Å². The maximum atomic E-state index is 9.36. The lowest BCUT2D eigenvalue weighted by molar-refractivity contribution is -0.0120. The van der Waals surface area contributed by atoms with Crippen molar-refractivity contribution in [3.8, 4) is 0 Å². The molecule has 0 amide bonds. The molecule has 0 spiro atoms. The highest BCUT2D eigenvalue weighted by atomic mass is 16.5. The van der Waals surface area contributed by atoms with Crippen LogP contribution in [0, 0.1) is 11.8 Å². The zero-order valence-corrected chi connectivity index (χ0v) is 11.0. The van der Waals surface area contributed by atoms with Gasteiger partial charge in [0.15, 0.2) is 0 Å². The molecule has 0 aromatic heterocycles. The van der Waals surface area contributed by atoms with Crippen molar-refractivity contribution < 1.29 is 9.84 Å². The molecule has 17 heavy (non-hydrogen) atoms. The van der Waals surface area contributed by atoms with Gasteiger partial charge >= 0.3 is 0 Å². The average Bonchev–Trinajstić information content (AvgIpc) is 2.32. The molecular formula is C14H27NO2. The van der Waals surface area contributed by atoms with Crippen LogP contribution in [0.25, 0.3) is 0 Å². The second-order valence-electron chi connectivity index (χ2n) is 5.64. The van der Waals surface area contributed by atoms with Gasteiger partial charge in [-0.2, -0.15) is 0 Å². The van der Waals surface area contributed by atoms with Crippen LogP contribution >= 0.6 is 0 Å². The summed E-state index contributed by atoms with van der Waals surface area (Å²) in [6.45, 7) is 4.37. The van der Waals surface area contributed by atoms with Crippen molar-refractivity contribution in [2.45, 2.75) is 57.6 Å². The van der Waals surface area contributed by atoms with E-state index >= 15 is 0 Å². The average molecular weight is 241 g/mol. The summed E-state index contributed by atoms with van der Waals surface area (Å²) in [6.07, 6.45) is 7.99. The molecule has 2 N–H and O–H groups in total. The second-order valence-corrected chi connectivity index (χ2v) is 5.64. The highest BCUT2D eigenvalue weighted by Gasteiger charge is 2.31. The van der Waals surface area contributed by atoms with E-state index < -0.39 is 0 Å². The molecule has 100 valence electrons. The molecule has 2 rings (SSSR count). The quantitative estimate of drug-likeness (QED) is 0.747. The molecule has 0 aromatic rings. The Hall–Kier alpha value is -0.120. The monoisotopic (exact) mass is 241 g/mol. The molecule has 2 aliphatic carbocycles. The van der Waals surface area contributed by atoms with Crippen molar-refractivity contribution in [2.75, 3.05) is 19.8 Å². The third-order valence-electron chi connectivity index (χ3n) is 4.47. The van der Waals surface area contributed by atoms with Gasteiger partial charge in [-0.05, 0) is 51.0 Å². The Bertz CT molecular complexity index is 216. The number of hydrogen-bond donors (Lipinski definition) is 2. The lowest BCUT2D eigenvalue weighted by atomic mass is 9.79. The first-order valence-corrected chi connectivity index (χ1v) is 7.29. The van der Waals surface area contributed by atoms with Crippen molar-refractivity contribution >= 4 is 0 Å². The fraction of sp³-hybridized carbons (Fsp3) is 1.00. The summed E-state index contributed by atoms with van der Waals surface area (Å²) in [5.74, 6) is 1.24. The van der Waals surface area contributed by atoms with Crippen molar-refractivity contribution in [1.82, 2.24) is 5.32 Å². The SMILES string of the molecule is CCOC1CC(NCC2CCCCC2CO)C1. The summed E-state index contributed by atoms with van der Waals surface area (Å²) >= 11 is 0. The summed E-state index contributed by atoms with van der Waals surface area (Å²) in [5.41, 5.74) is 0. The van der Waals surface area contributed by atoms with Crippen LogP contribution in [0.3, 0.4) is 0 Å². The van der Waals surface area contributed by atoms with Crippen LogP contribution in [0.15, 0.2) is 0 Å². The predicted molar refractivity (Wildman–Crippen MR) is 69.0 cm³/mol. The van der Waals surface area contributed by atoms with Gasteiger partial charge in [0.1, 0.15) is 0 Å². The highest BCUT2D eigenvalue weighted by Crippen LogP contribution is 2.30. The predicted octanol–water partition coefficient (Wildman–Crippen LogP) is 1.94. The lowest BCUT2D eigenvalue weighted by Crippen LogP contribution is -2.48. The maximum absolute atomic E-state index is 9.36. The smallest absolute Gasteiger partial charge is 0.0604 e. The van der Waals surface area contributed by atoms with E-state index in [1.54, 1.807) is 0 Å². The van der Waals surface area contributed by atoms with Crippen LogP contribution in [0.4, 0.5) is 0 Å². The van der Waals surface area contributed by atoms with Gasteiger partial charge in [-0.3, -0.25) is 0 Å². The molecule has 2 fully saturated rings. The third-order valence-corrected chi connectivity index (χ3v) is 4.47. The van der Waals surface area contributed by atoms with Crippen LogP contribution in [0.5, 0.6) is 0 Å². The summed E-state index contributed by atoms with van der Waals surface area (Å²) in [5, 5.41) is 13.0. The Labute approximate surface area is 105 Å². The normalized spacial score (nSPS) is 37.8. The van der Waals surface area contributed by atoms with Crippen molar-refractivity contribution in [2.24, 2.45) is 11.8 Å². The van der Waals surface area contributed by atoms with Crippen LogP contribution in [-0.4, -0.2) is 37.0 Å². The number of aliphatic hydroxyl groups excluding tert-OH is 1. The number of hydrogen-bond acceptors (Lipinski definition) is 3. The molecule has 0 aliphatic heterocycles. The number of rotatable bonds is 6. The van der Waals surface area contributed by atoms with Crippen LogP contribution in [-0.2, 0) is 4.74 Å². The van der Waals surface area contributed by atoms with E-state index in [1.165, 1.54) is 38.5 Å². The fourth-order valence-electron chi connectivity index (χ4n) is 3.22. The van der Waals surface area contributed by atoms with Gasteiger partial charge < -0.3 is 15.2 Å². The molecule has 0 saturated heterocycles. The minimum atomic E-state index is 0.374. The van der Waals surface area contributed by atoms with Gasteiger partial charge in [0.2, 0.25) is 0 Å². The maximum Gasteiger partial charge on any atom is 0.0604 e. The minimum absolute atomic E-state index is 0.374. The van der Waals surface area contributed by atoms with Gasteiger partial charge in [0, 0.05) is 19.3 Å². The minimum Gasteiger partial charge on any atom is -0.396 e. The topological polar surface area (TPSA) is 41.5 Å². The summed E-state index contributed by atoms with van der Waals surface area (Å²) in [4.78, 5) is 0. The number of aliphatic hydroxyl groups is 1. The first kappa shape index (κ1) is 13.3. The standard InChI is InChI=1S/C14H27NO2/c1-2-17-14-7-13(8-14)15-9-11-5-3-4-6-12(11)10-16/h11-16H,2-10H2,1H3. The van der Waals surface area contributed by atoms with Gasteiger partial charge in [0.05, 0.1) is 6.10 Å². The van der Waals surface area contributed by atoms with E-state index in [0.29, 0.717) is 30.6 Å². The third kappa shape index (κ3) is 3.67. The van der Waals surface area contributed by atoms with Gasteiger partial charge in [0.25, 0.3) is 0 Å². The summed E-state index contributed by atoms with van der Waals surface area (Å²) in [7, 11) is 0. The first-order valence-electron chi connectivity index (χ1n) is 7.29. The first-order chi connectivity index (χ1) is 8.33. The summed E-state index contributed by atoms with van der Waals surface area (Å²) in [6, 6.07) is 0.660. The molecular weight excluding hydrogens is 214 g/mol. The molecule has 2 unspecified atom stereocenters. The van der Waals surface area contributed by atoms with Crippen molar-refractivity contribution in [1.29, 1.82) is 0 Å². The summed E-state index contributed by atoms with van der Waals surface area (Å²) < 4.78 is 5.56. The van der Waals surface area contributed by atoms with E-state index in [9.17, 15) is 5.11 Å². The molecule has 2 saturated carbocycles. The van der Waals surface area contributed by atoms with Crippen LogP contribution in [0.1, 0.15) is 45.4 Å². The molecule has 0 bridgehead atoms. The molecule has 2 atom stereocenters. The number of ether oxygens (including phenoxy) is 1. The Morgan fingerprint density at radius 3 is 2.53 bits per heavy atom. The van der Waals surface area contributed by atoms with E-state index in [1.807, 2.05) is 0 Å². The lowest BCUT2D eigenvalue weighted by Gasteiger charge is -2.38. The van der Waals surface area contributed by atoms with Crippen LogP contribution in [0.2, 0.25) is 0 Å². The zero-order chi connectivity index (χ0) is 12.1. The highest BCUT2D eigenvalue weighted by molar-refractivity contribution is 4.87. The molecule has 3 heteroatoms. The molecule has 2 aliphatic rings. The Balaban J connectivity index is 1.61. The molecule has 0 heterocycles. The Kier molecular flexibility index (Phi) is 5.26. The van der Waals surface area contributed by atoms with E-state index in [2.05, 4.69) is 12.2 Å². The van der Waals surface area contributed by atoms with E-state index in [-0.39, 0.29) is 0 Å². The largest absolute Gasteiger partial charge is 0.396 e. The van der Waals surface area contributed by atoms with E-state index in [0.717, 1.165) is 13.2 Å². The van der Waals surface area contributed by atoms with Crippen molar-refractivity contribution in [3.05, 3.63) is 0 Å². The van der Waals surface area contributed by atoms with Gasteiger partial charge in [-0.15, -0.1) is 0 Å². The number of nitrogens with one attached hydrogen (secondary N) is 1. The Morgan fingerprint density at radius 2 is 1.88 bits per heavy atom. The molecule has 0 radical (unpaired) electrons. The molecule has 0 aromatic carbocycles. The van der Waals surface area contributed by atoms with Gasteiger partial charge in [-0.25, -0.2) is 0 Å².